The van der Waals surface area contributed by atoms with Crippen LogP contribution in [0, 0.1) is 17.0 Å². The minimum atomic E-state index is -0.439. The fraction of sp³-hybridized carbons (Fsp3) is 0.235. The van der Waals surface area contributed by atoms with Crippen molar-refractivity contribution in [2.24, 2.45) is 0 Å². The Kier molecular flexibility index (Phi) is 4.34. The number of carbonyl (C=O) groups is 1. The molecule has 2 aromatic rings. The molecule has 2 aromatic carbocycles. The van der Waals surface area contributed by atoms with Gasteiger partial charge in [0.2, 0.25) is 0 Å². The molecule has 118 valence electrons. The number of carbonyl (C=O) groups excluding carboxylic acids is 1. The van der Waals surface area contributed by atoms with E-state index in [0.29, 0.717) is 11.1 Å². The molecule has 0 fully saturated rings. The van der Waals surface area contributed by atoms with Gasteiger partial charge in [0.05, 0.1) is 11.0 Å². The van der Waals surface area contributed by atoms with Gasteiger partial charge >= 0.3 is 0 Å². The van der Waals surface area contributed by atoms with Crippen molar-refractivity contribution in [3.8, 4) is 0 Å². The van der Waals surface area contributed by atoms with E-state index in [2.05, 4.69) is 11.4 Å². The summed E-state index contributed by atoms with van der Waals surface area (Å²) in [5.41, 5.74) is 2.10. The van der Waals surface area contributed by atoms with Gasteiger partial charge in [-0.15, -0.1) is 11.8 Å². The summed E-state index contributed by atoms with van der Waals surface area (Å²) in [5.74, 6) is 0.760. The van der Waals surface area contributed by atoms with Gasteiger partial charge in [0.25, 0.3) is 11.6 Å². The average Bonchev–Trinajstić information content (AvgIpc) is 2.54. The van der Waals surface area contributed by atoms with Crippen molar-refractivity contribution in [3.05, 3.63) is 69.3 Å². The maximum atomic E-state index is 12.5. The van der Waals surface area contributed by atoms with Crippen molar-refractivity contribution in [2.45, 2.75) is 24.3 Å². The van der Waals surface area contributed by atoms with Crippen LogP contribution in [-0.2, 0) is 0 Å². The topological polar surface area (TPSA) is 72.2 Å². The molecule has 1 amide bonds. The number of nitro groups is 1. The third-order valence-electron chi connectivity index (χ3n) is 3.92. The highest BCUT2D eigenvalue weighted by atomic mass is 32.2. The smallest absolute Gasteiger partial charge is 0.272 e. The number of nitrogens with one attached hydrogen (secondary N) is 1. The van der Waals surface area contributed by atoms with Gasteiger partial charge in [-0.3, -0.25) is 14.9 Å². The van der Waals surface area contributed by atoms with Gasteiger partial charge in [0.15, 0.2) is 0 Å². The van der Waals surface area contributed by atoms with E-state index >= 15 is 0 Å². The Morgan fingerprint density at radius 1 is 1.30 bits per heavy atom. The van der Waals surface area contributed by atoms with E-state index in [0.717, 1.165) is 17.7 Å². The van der Waals surface area contributed by atoms with Crippen LogP contribution in [0.5, 0.6) is 0 Å². The Labute approximate surface area is 138 Å². The molecule has 1 N–H and O–H groups in total. The first-order valence-corrected chi connectivity index (χ1v) is 8.32. The maximum Gasteiger partial charge on any atom is 0.272 e. The van der Waals surface area contributed by atoms with Gasteiger partial charge in [-0.2, -0.15) is 0 Å². The molecule has 5 nitrogen and oxygen atoms in total. The number of amides is 1. The first-order chi connectivity index (χ1) is 11.1. The number of nitro benzene ring substituents is 1. The van der Waals surface area contributed by atoms with Gasteiger partial charge in [0.1, 0.15) is 0 Å². The van der Waals surface area contributed by atoms with Crippen molar-refractivity contribution < 1.29 is 9.72 Å². The zero-order chi connectivity index (χ0) is 16.4. The molecule has 1 atom stereocenters. The third kappa shape index (κ3) is 3.22. The molecule has 0 aliphatic carbocycles. The van der Waals surface area contributed by atoms with Gasteiger partial charge in [-0.25, -0.2) is 0 Å². The Bertz CT molecular complexity index is 776. The van der Waals surface area contributed by atoms with E-state index in [1.54, 1.807) is 24.8 Å². The maximum absolute atomic E-state index is 12.5. The van der Waals surface area contributed by atoms with Gasteiger partial charge in [-0.1, -0.05) is 18.2 Å². The SMILES string of the molecule is Cc1cc(C(=O)NC2CCSc3ccccc32)ccc1[N+](=O)[O-]. The van der Waals surface area contributed by atoms with Crippen molar-refractivity contribution in [1.82, 2.24) is 5.32 Å². The second-order valence-corrected chi connectivity index (χ2v) is 6.60. The highest BCUT2D eigenvalue weighted by Crippen LogP contribution is 2.36. The summed E-state index contributed by atoms with van der Waals surface area (Å²) >= 11 is 1.80. The van der Waals surface area contributed by atoms with E-state index in [1.807, 2.05) is 18.2 Å². The second kappa shape index (κ2) is 6.42. The molecule has 0 saturated carbocycles. The minimum Gasteiger partial charge on any atom is -0.345 e. The zero-order valence-electron chi connectivity index (χ0n) is 12.6. The quantitative estimate of drug-likeness (QED) is 0.686. The molecular formula is C17H16N2O3S. The number of thioether (sulfide) groups is 1. The van der Waals surface area contributed by atoms with Crippen LogP contribution >= 0.6 is 11.8 Å². The summed E-state index contributed by atoms with van der Waals surface area (Å²) in [4.78, 5) is 24.1. The molecule has 0 saturated heterocycles. The molecule has 0 aromatic heterocycles. The summed E-state index contributed by atoms with van der Waals surface area (Å²) in [7, 11) is 0. The number of hydrogen-bond donors (Lipinski definition) is 1. The van der Waals surface area contributed by atoms with Crippen LogP contribution in [0.25, 0.3) is 0 Å². The van der Waals surface area contributed by atoms with E-state index in [-0.39, 0.29) is 17.6 Å². The lowest BCUT2D eigenvalue weighted by Gasteiger charge is -2.25. The molecule has 3 rings (SSSR count). The zero-order valence-corrected chi connectivity index (χ0v) is 13.4. The number of fused-ring (bicyclic) bond motifs is 1. The van der Waals surface area contributed by atoms with Gasteiger partial charge in [0, 0.05) is 27.8 Å². The first kappa shape index (κ1) is 15.6. The van der Waals surface area contributed by atoms with Gasteiger partial charge < -0.3 is 5.32 Å². The molecule has 23 heavy (non-hydrogen) atoms. The summed E-state index contributed by atoms with van der Waals surface area (Å²) in [5, 5.41) is 13.9. The van der Waals surface area contributed by atoms with Crippen molar-refractivity contribution in [2.75, 3.05) is 5.75 Å². The molecule has 1 heterocycles. The Morgan fingerprint density at radius 3 is 2.83 bits per heavy atom. The standard InChI is InChI=1S/C17H16N2O3S/c1-11-10-12(6-7-15(11)19(21)22)17(20)18-14-8-9-23-16-5-3-2-4-13(14)16/h2-7,10,14H,8-9H2,1H3,(H,18,20). The van der Waals surface area contributed by atoms with E-state index in [4.69, 9.17) is 0 Å². The van der Waals surface area contributed by atoms with Crippen molar-refractivity contribution in [3.63, 3.8) is 0 Å². The van der Waals surface area contributed by atoms with Crippen LogP contribution in [0.4, 0.5) is 5.69 Å². The van der Waals surface area contributed by atoms with Crippen LogP contribution in [0.2, 0.25) is 0 Å². The predicted molar refractivity (Wildman–Crippen MR) is 89.8 cm³/mol. The average molecular weight is 328 g/mol. The minimum absolute atomic E-state index is 0.0181. The Balaban J connectivity index is 1.80. The Morgan fingerprint density at radius 2 is 2.09 bits per heavy atom. The lowest BCUT2D eigenvalue weighted by molar-refractivity contribution is -0.385. The Hall–Kier alpha value is -2.34. The van der Waals surface area contributed by atoms with Crippen LogP contribution in [-0.4, -0.2) is 16.6 Å². The summed E-state index contributed by atoms with van der Waals surface area (Å²) in [6.07, 6.45) is 0.874. The summed E-state index contributed by atoms with van der Waals surface area (Å²) in [6.45, 7) is 1.64. The third-order valence-corrected chi connectivity index (χ3v) is 5.04. The number of rotatable bonds is 3. The van der Waals surface area contributed by atoms with Crippen LogP contribution in [0.1, 0.15) is 33.9 Å². The lowest BCUT2D eigenvalue weighted by Crippen LogP contribution is -2.30. The molecule has 1 aliphatic rings. The second-order valence-electron chi connectivity index (χ2n) is 5.46. The van der Waals surface area contributed by atoms with E-state index < -0.39 is 4.92 Å². The molecule has 1 aliphatic heterocycles. The lowest BCUT2D eigenvalue weighted by atomic mass is 10.0. The molecule has 0 spiro atoms. The molecule has 6 heteroatoms. The summed E-state index contributed by atoms with van der Waals surface area (Å²) in [6, 6.07) is 12.5. The number of aryl methyl sites for hydroxylation is 1. The number of nitrogens with zero attached hydrogens (tertiary/aromatic N) is 1. The summed E-state index contributed by atoms with van der Waals surface area (Å²) < 4.78 is 0. The molecule has 1 unspecified atom stereocenters. The molecule has 0 radical (unpaired) electrons. The van der Waals surface area contributed by atoms with Crippen LogP contribution in [0.3, 0.4) is 0 Å². The van der Waals surface area contributed by atoms with E-state index in [1.165, 1.54) is 17.0 Å². The van der Waals surface area contributed by atoms with E-state index in [9.17, 15) is 14.9 Å². The fourth-order valence-electron chi connectivity index (χ4n) is 2.74. The molecular weight excluding hydrogens is 312 g/mol. The fourth-order valence-corrected chi connectivity index (χ4v) is 3.86. The van der Waals surface area contributed by atoms with Crippen LogP contribution in [0.15, 0.2) is 47.4 Å². The highest BCUT2D eigenvalue weighted by Gasteiger charge is 2.23. The predicted octanol–water partition coefficient (Wildman–Crippen LogP) is 3.87. The van der Waals surface area contributed by atoms with Crippen molar-refractivity contribution >= 4 is 23.4 Å². The van der Waals surface area contributed by atoms with Gasteiger partial charge in [-0.05, 0) is 37.1 Å². The number of hydrogen-bond acceptors (Lipinski definition) is 4. The first-order valence-electron chi connectivity index (χ1n) is 7.34. The monoisotopic (exact) mass is 328 g/mol. The highest BCUT2D eigenvalue weighted by molar-refractivity contribution is 7.99. The van der Waals surface area contributed by atoms with Crippen LogP contribution < -0.4 is 5.32 Å². The normalized spacial score (nSPS) is 16.5. The molecule has 0 bridgehead atoms. The number of benzene rings is 2. The largest absolute Gasteiger partial charge is 0.345 e. The van der Waals surface area contributed by atoms with Crippen molar-refractivity contribution in [1.29, 1.82) is 0 Å².